The van der Waals surface area contributed by atoms with E-state index >= 15 is 0 Å². The summed E-state index contributed by atoms with van der Waals surface area (Å²) in [5.41, 5.74) is 4.37. The second-order valence-corrected chi connectivity index (χ2v) is 8.58. The zero-order valence-corrected chi connectivity index (χ0v) is 19.1. The van der Waals surface area contributed by atoms with E-state index in [2.05, 4.69) is 41.4 Å². The van der Waals surface area contributed by atoms with Gasteiger partial charge in [-0.1, -0.05) is 53.7 Å². The molecule has 0 spiro atoms. The van der Waals surface area contributed by atoms with Crippen LogP contribution in [0, 0.1) is 6.92 Å². The highest BCUT2D eigenvalue weighted by atomic mass is 32.2. The van der Waals surface area contributed by atoms with Crippen LogP contribution in [0.5, 0.6) is 5.75 Å². The van der Waals surface area contributed by atoms with Crippen molar-refractivity contribution in [1.29, 1.82) is 0 Å². The van der Waals surface area contributed by atoms with Crippen LogP contribution in [0.2, 0.25) is 0 Å². The van der Waals surface area contributed by atoms with Crippen molar-refractivity contribution in [3.63, 3.8) is 0 Å². The second-order valence-electron chi connectivity index (χ2n) is 7.51. The molecule has 33 heavy (non-hydrogen) atoms. The predicted molar refractivity (Wildman–Crippen MR) is 129 cm³/mol. The van der Waals surface area contributed by atoms with E-state index in [0.717, 1.165) is 27.7 Å². The molecule has 0 saturated heterocycles. The van der Waals surface area contributed by atoms with E-state index < -0.39 is 0 Å². The van der Waals surface area contributed by atoms with Gasteiger partial charge in [0.1, 0.15) is 5.75 Å². The number of methoxy groups -OCH3 is 1. The SMILES string of the molecule is COc1ccccc1-c1nnc(SCCn2c(=O)oc3ccccc32)n1-c1ccc(C)cc1. The van der Waals surface area contributed by atoms with Crippen LogP contribution in [0.25, 0.3) is 28.2 Å². The molecule has 2 heterocycles. The lowest BCUT2D eigenvalue weighted by atomic mass is 10.1. The van der Waals surface area contributed by atoms with Gasteiger partial charge in [-0.2, -0.15) is 0 Å². The molecular weight excluding hydrogens is 436 g/mol. The van der Waals surface area contributed by atoms with Crippen LogP contribution in [0.1, 0.15) is 5.56 Å². The van der Waals surface area contributed by atoms with Crippen molar-refractivity contribution in [3.05, 3.63) is 88.9 Å². The lowest BCUT2D eigenvalue weighted by molar-refractivity contribution is 0.416. The third-order valence-corrected chi connectivity index (χ3v) is 6.30. The molecule has 0 aliphatic carbocycles. The topological polar surface area (TPSA) is 75.1 Å². The maximum absolute atomic E-state index is 12.3. The highest BCUT2D eigenvalue weighted by Gasteiger charge is 2.19. The molecule has 5 rings (SSSR count). The Balaban J connectivity index is 1.49. The first-order valence-corrected chi connectivity index (χ1v) is 11.5. The molecule has 0 unspecified atom stereocenters. The minimum Gasteiger partial charge on any atom is -0.496 e. The summed E-state index contributed by atoms with van der Waals surface area (Å²) in [6.07, 6.45) is 0. The normalized spacial score (nSPS) is 11.2. The molecule has 0 atom stereocenters. The molecule has 0 fully saturated rings. The number of benzene rings is 3. The van der Waals surface area contributed by atoms with Crippen molar-refractivity contribution in [2.45, 2.75) is 18.6 Å². The number of thioether (sulfide) groups is 1. The number of rotatable bonds is 7. The number of aryl methyl sites for hydroxylation is 2. The average Bonchev–Trinajstić information content (AvgIpc) is 3.40. The smallest absolute Gasteiger partial charge is 0.419 e. The van der Waals surface area contributed by atoms with Crippen molar-refractivity contribution in [2.24, 2.45) is 0 Å². The van der Waals surface area contributed by atoms with Gasteiger partial charge in [0.25, 0.3) is 0 Å². The summed E-state index contributed by atoms with van der Waals surface area (Å²) < 4.78 is 14.6. The number of para-hydroxylation sites is 3. The molecule has 2 aromatic heterocycles. The molecule has 3 aromatic carbocycles. The molecule has 0 bridgehead atoms. The first kappa shape index (κ1) is 21.1. The fourth-order valence-electron chi connectivity index (χ4n) is 3.75. The Morgan fingerprint density at radius 1 is 0.970 bits per heavy atom. The summed E-state index contributed by atoms with van der Waals surface area (Å²) in [6, 6.07) is 23.4. The van der Waals surface area contributed by atoms with E-state index in [1.54, 1.807) is 17.7 Å². The van der Waals surface area contributed by atoms with Gasteiger partial charge in [-0.25, -0.2) is 4.79 Å². The summed E-state index contributed by atoms with van der Waals surface area (Å²) in [6.45, 7) is 2.55. The average molecular weight is 459 g/mol. The predicted octanol–water partition coefficient (Wildman–Crippen LogP) is 4.95. The summed E-state index contributed by atoms with van der Waals surface area (Å²) in [5, 5.41) is 9.72. The fraction of sp³-hybridized carbons (Fsp3) is 0.160. The summed E-state index contributed by atoms with van der Waals surface area (Å²) >= 11 is 1.54. The molecule has 5 aromatic rings. The summed E-state index contributed by atoms with van der Waals surface area (Å²) in [4.78, 5) is 12.3. The highest BCUT2D eigenvalue weighted by molar-refractivity contribution is 7.99. The van der Waals surface area contributed by atoms with E-state index in [9.17, 15) is 4.79 Å². The minimum absolute atomic E-state index is 0.355. The van der Waals surface area contributed by atoms with Gasteiger partial charge < -0.3 is 9.15 Å². The van der Waals surface area contributed by atoms with Crippen LogP contribution in [0.4, 0.5) is 0 Å². The van der Waals surface area contributed by atoms with Crippen LogP contribution >= 0.6 is 11.8 Å². The third-order valence-electron chi connectivity index (χ3n) is 5.39. The third kappa shape index (κ3) is 4.05. The molecule has 0 aliphatic rings. The molecule has 0 aliphatic heterocycles. The Hall–Kier alpha value is -3.78. The lowest BCUT2D eigenvalue weighted by Gasteiger charge is -2.13. The molecule has 7 nitrogen and oxygen atoms in total. The maximum atomic E-state index is 12.3. The number of hydrogen-bond donors (Lipinski definition) is 0. The Labute approximate surface area is 194 Å². The summed E-state index contributed by atoms with van der Waals surface area (Å²) in [7, 11) is 1.65. The van der Waals surface area contributed by atoms with Crippen molar-refractivity contribution in [1.82, 2.24) is 19.3 Å². The van der Waals surface area contributed by atoms with E-state index in [1.165, 1.54) is 17.3 Å². The molecule has 0 N–H and O–H groups in total. The van der Waals surface area contributed by atoms with E-state index in [-0.39, 0.29) is 5.76 Å². The van der Waals surface area contributed by atoms with Gasteiger partial charge in [0.2, 0.25) is 0 Å². The zero-order valence-electron chi connectivity index (χ0n) is 18.3. The van der Waals surface area contributed by atoms with E-state index in [1.807, 2.05) is 47.0 Å². The van der Waals surface area contributed by atoms with Gasteiger partial charge in [-0.15, -0.1) is 10.2 Å². The highest BCUT2D eigenvalue weighted by Crippen LogP contribution is 2.33. The standard InChI is InChI=1S/C25H22N4O3S/c1-17-11-13-18(14-12-17)29-23(19-7-3-5-9-21(19)31-2)26-27-24(29)33-16-15-28-20-8-4-6-10-22(20)32-25(28)30/h3-14H,15-16H2,1-2H3. The zero-order chi connectivity index (χ0) is 22.8. The number of oxazole rings is 1. The van der Waals surface area contributed by atoms with Crippen LogP contribution in [-0.2, 0) is 6.54 Å². The molecule has 8 heteroatoms. The minimum atomic E-state index is -0.355. The maximum Gasteiger partial charge on any atom is 0.419 e. The van der Waals surface area contributed by atoms with Crippen molar-refractivity contribution < 1.29 is 9.15 Å². The second kappa shape index (κ2) is 8.99. The van der Waals surface area contributed by atoms with Crippen molar-refractivity contribution >= 4 is 22.9 Å². The Morgan fingerprint density at radius 2 is 1.73 bits per heavy atom. The lowest BCUT2D eigenvalue weighted by Crippen LogP contribution is -2.15. The first-order chi connectivity index (χ1) is 16.2. The Bertz CT molecular complexity index is 1470. The fourth-order valence-corrected chi connectivity index (χ4v) is 4.62. The Kier molecular flexibility index (Phi) is 5.75. The number of hydrogen-bond acceptors (Lipinski definition) is 6. The van der Waals surface area contributed by atoms with Gasteiger partial charge in [0.05, 0.1) is 18.2 Å². The number of nitrogens with zero attached hydrogens (tertiary/aromatic N) is 4. The Morgan fingerprint density at radius 3 is 2.55 bits per heavy atom. The van der Waals surface area contributed by atoms with Crippen molar-refractivity contribution in [2.75, 3.05) is 12.9 Å². The molecule has 0 saturated carbocycles. The van der Waals surface area contributed by atoms with Crippen LogP contribution in [0.15, 0.2) is 87.2 Å². The molecule has 0 radical (unpaired) electrons. The molecular formula is C25H22N4O3S. The van der Waals surface area contributed by atoms with Gasteiger partial charge in [-0.3, -0.25) is 9.13 Å². The van der Waals surface area contributed by atoms with Crippen molar-refractivity contribution in [3.8, 4) is 22.8 Å². The van der Waals surface area contributed by atoms with Gasteiger partial charge in [-0.05, 0) is 43.3 Å². The monoisotopic (exact) mass is 458 g/mol. The van der Waals surface area contributed by atoms with Gasteiger partial charge >= 0.3 is 5.76 Å². The van der Waals surface area contributed by atoms with Gasteiger partial charge in [0, 0.05) is 18.0 Å². The van der Waals surface area contributed by atoms with Crippen LogP contribution in [0.3, 0.4) is 0 Å². The molecule has 166 valence electrons. The van der Waals surface area contributed by atoms with Crippen LogP contribution in [-0.4, -0.2) is 32.2 Å². The van der Waals surface area contributed by atoms with E-state index in [4.69, 9.17) is 9.15 Å². The largest absolute Gasteiger partial charge is 0.496 e. The summed E-state index contributed by atoms with van der Waals surface area (Å²) in [5.74, 6) is 1.70. The van der Waals surface area contributed by atoms with E-state index in [0.29, 0.717) is 23.7 Å². The number of aromatic nitrogens is 4. The number of ether oxygens (including phenoxy) is 1. The number of fused-ring (bicyclic) bond motifs is 1. The first-order valence-electron chi connectivity index (χ1n) is 10.5. The quantitative estimate of drug-likeness (QED) is 0.321. The van der Waals surface area contributed by atoms with Crippen LogP contribution < -0.4 is 10.5 Å². The molecule has 0 amide bonds. The van der Waals surface area contributed by atoms with Gasteiger partial charge in [0.15, 0.2) is 16.6 Å².